The van der Waals surface area contributed by atoms with Crippen LogP contribution in [-0.4, -0.2) is 10.2 Å². The molecule has 0 aliphatic carbocycles. The third-order valence-electron chi connectivity index (χ3n) is 1.37. The number of rotatable bonds is 2. The summed E-state index contributed by atoms with van der Waals surface area (Å²) in [6.45, 7) is 0. The fraction of sp³-hybridized carbons (Fsp3) is 0.143. The average molecular weight is 349 g/mol. The van der Waals surface area contributed by atoms with Crippen molar-refractivity contribution in [2.75, 3.05) is 0 Å². The van der Waals surface area contributed by atoms with E-state index in [0.29, 0.717) is 0 Å². The van der Waals surface area contributed by atoms with Crippen molar-refractivity contribution in [3.8, 4) is 0 Å². The standard InChI is InChI=1S/C7H2Br2ClF2NO/c8-2-1-3(7(11)12)13-5(9)4(2)6(10)14/h1,7H. The molecule has 0 fully saturated rings. The molecule has 0 aliphatic rings. The van der Waals surface area contributed by atoms with Crippen molar-refractivity contribution in [3.63, 3.8) is 0 Å². The highest BCUT2D eigenvalue weighted by Gasteiger charge is 2.18. The van der Waals surface area contributed by atoms with Gasteiger partial charge in [-0.1, -0.05) is 0 Å². The Bertz CT molecular complexity index is 363. The fourth-order valence-electron chi connectivity index (χ4n) is 0.789. The summed E-state index contributed by atoms with van der Waals surface area (Å²) in [4.78, 5) is 14.3. The molecule has 0 unspecified atom stereocenters. The first kappa shape index (κ1) is 12.0. The van der Waals surface area contributed by atoms with Crippen LogP contribution in [0.5, 0.6) is 0 Å². The summed E-state index contributed by atoms with van der Waals surface area (Å²) in [5.41, 5.74) is -0.388. The highest BCUT2D eigenvalue weighted by Crippen LogP contribution is 2.29. The van der Waals surface area contributed by atoms with Crippen molar-refractivity contribution in [1.29, 1.82) is 0 Å². The first-order chi connectivity index (χ1) is 6.43. The lowest BCUT2D eigenvalue weighted by Gasteiger charge is -2.05. The second-order valence-electron chi connectivity index (χ2n) is 2.27. The smallest absolute Gasteiger partial charge is 0.275 e. The van der Waals surface area contributed by atoms with Crippen LogP contribution < -0.4 is 0 Å². The van der Waals surface area contributed by atoms with E-state index in [1.54, 1.807) is 0 Å². The van der Waals surface area contributed by atoms with Crippen LogP contribution in [0.25, 0.3) is 0 Å². The maximum Gasteiger partial charge on any atom is 0.280 e. The second kappa shape index (κ2) is 4.63. The zero-order valence-corrected chi connectivity index (χ0v) is 10.3. The summed E-state index contributed by atoms with van der Waals surface area (Å²) in [5.74, 6) is 0. The van der Waals surface area contributed by atoms with Gasteiger partial charge in [0.1, 0.15) is 10.3 Å². The molecule has 0 spiro atoms. The first-order valence-electron chi connectivity index (χ1n) is 3.27. The number of pyridine rings is 1. The van der Waals surface area contributed by atoms with Crippen LogP contribution in [0.15, 0.2) is 15.1 Å². The average Bonchev–Trinajstić information content (AvgIpc) is 2.01. The molecule has 1 heterocycles. The van der Waals surface area contributed by atoms with Gasteiger partial charge in [0.25, 0.3) is 11.7 Å². The molecular formula is C7H2Br2ClF2NO. The molecule has 1 aromatic heterocycles. The van der Waals surface area contributed by atoms with E-state index >= 15 is 0 Å². The quantitative estimate of drug-likeness (QED) is 0.598. The topological polar surface area (TPSA) is 30.0 Å². The van der Waals surface area contributed by atoms with Crippen LogP contribution in [0.4, 0.5) is 8.78 Å². The number of carbonyl (C=O) groups is 1. The number of alkyl halides is 2. The van der Waals surface area contributed by atoms with Gasteiger partial charge in [0.15, 0.2) is 0 Å². The molecule has 0 aliphatic heterocycles. The molecule has 0 atom stereocenters. The lowest BCUT2D eigenvalue weighted by Crippen LogP contribution is -1.99. The Morgan fingerprint density at radius 2 is 2.07 bits per heavy atom. The van der Waals surface area contributed by atoms with Gasteiger partial charge in [0.05, 0.1) is 5.56 Å². The Morgan fingerprint density at radius 1 is 1.50 bits per heavy atom. The molecule has 14 heavy (non-hydrogen) atoms. The van der Waals surface area contributed by atoms with E-state index in [4.69, 9.17) is 11.6 Å². The number of hydrogen-bond acceptors (Lipinski definition) is 2. The number of hydrogen-bond donors (Lipinski definition) is 0. The van der Waals surface area contributed by atoms with Crippen molar-refractivity contribution < 1.29 is 13.6 Å². The summed E-state index contributed by atoms with van der Waals surface area (Å²) >= 11 is 11.1. The van der Waals surface area contributed by atoms with Gasteiger partial charge in [-0.2, -0.15) is 0 Å². The van der Waals surface area contributed by atoms with Gasteiger partial charge in [-0.15, -0.1) is 0 Å². The Hall–Kier alpha value is -0.0700. The molecule has 2 nitrogen and oxygen atoms in total. The Labute approximate surface area is 99.9 Å². The summed E-state index contributed by atoms with van der Waals surface area (Å²) in [6, 6.07) is 1.06. The molecule has 0 saturated heterocycles. The molecule has 0 amide bonds. The third kappa shape index (κ3) is 2.49. The minimum atomic E-state index is -2.69. The maximum absolute atomic E-state index is 12.2. The Balaban J connectivity index is 3.32. The van der Waals surface area contributed by atoms with Gasteiger partial charge < -0.3 is 0 Å². The zero-order valence-electron chi connectivity index (χ0n) is 6.40. The lowest BCUT2D eigenvalue weighted by atomic mass is 10.3. The molecule has 76 valence electrons. The molecule has 0 aromatic carbocycles. The normalized spacial score (nSPS) is 10.7. The minimum Gasteiger partial charge on any atom is -0.275 e. The van der Waals surface area contributed by atoms with E-state index in [9.17, 15) is 13.6 Å². The van der Waals surface area contributed by atoms with E-state index in [1.807, 2.05) is 0 Å². The van der Waals surface area contributed by atoms with E-state index < -0.39 is 17.4 Å². The molecule has 1 rings (SSSR count). The summed E-state index contributed by atoms with van der Waals surface area (Å²) in [6.07, 6.45) is -2.69. The molecule has 0 bridgehead atoms. The summed E-state index contributed by atoms with van der Waals surface area (Å²) in [7, 11) is 0. The van der Waals surface area contributed by atoms with Gasteiger partial charge in [0, 0.05) is 4.47 Å². The second-order valence-corrected chi connectivity index (χ2v) is 4.22. The van der Waals surface area contributed by atoms with Crippen LogP contribution in [0.2, 0.25) is 0 Å². The predicted octanol–water partition coefficient (Wildman–Crippen LogP) is 3.92. The number of nitrogens with zero attached hydrogens (tertiary/aromatic N) is 1. The Morgan fingerprint density at radius 3 is 2.43 bits per heavy atom. The molecule has 0 radical (unpaired) electrons. The van der Waals surface area contributed by atoms with E-state index in [-0.39, 0.29) is 14.6 Å². The minimum absolute atomic E-state index is 0.00201. The molecule has 7 heteroatoms. The van der Waals surface area contributed by atoms with Crippen molar-refractivity contribution >= 4 is 48.7 Å². The van der Waals surface area contributed by atoms with Crippen molar-refractivity contribution in [2.24, 2.45) is 0 Å². The van der Waals surface area contributed by atoms with Gasteiger partial charge in [-0.05, 0) is 49.5 Å². The maximum atomic E-state index is 12.2. The van der Waals surface area contributed by atoms with Crippen LogP contribution >= 0.6 is 43.5 Å². The zero-order chi connectivity index (χ0) is 10.9. The van der Waals surface area contributed by atoms with Crippen molar-refractivity contribution in [2.45, 2.75) is 6.43 Å². The summed E-state index contributed by atoms with van der Waals surface area (Å²) < 4.78 is 24.7. The lowest BCUT2D eigenvalue weighted by molar-refractivity contribution is 0.107. The molecule has 0 saturated carbocycles. The number of halogens is 5. The van der Waals surface area contributed by atoms with Crippen molar-refractivity contribution in [3.05, 3.63) is 26.4 Å². The Kier molecular flexibility index (Phi) is 3.97. The van der Waals surface area contributed by atoms with Gasteiger partial charge >= 0.3 is 0 Å². The van der Waals surface area contributed by atoms with E-state index in [0.717, 1.165) is 6.07 Å². The third-order valence-corrected chi connectivity index (χ3v) is 2.76. The molecular weight excluding hydrogens is 347 g/mol. The van der Waals surface area contributed by atoms with Gasteiger partial charge in [-0.25, -0.2) is 13.8 Å². The van der Waals surface area contributed by atoms with Crippen LogP contribution in [0.3, 0.4) is 0 Å². The number of carbonyl (C=O) groups excluding carboxylic acids is 1. The van der Waals surface area contributed by atoms with Crippen molar-refractivity contribution in [1.82, 2.24) is 4.98 Å². The van der Waals surface area contributed by atoms with Crippen LogP contribution in [0.1, 0.15) is 22.5 Å². The van der Waals surface area contributed by atoms with E-state index in [2.05, 4.69) is 36.8 Å². The molecule has 1 aromatic rings. The number of aromatic nitrogens is 1. The van der Waals surface area contributed by atoms with Gasteiger partial charge in [-0.3, -0.25) is 4.79 Å². The summed E-state index contributed by atoms with van der Waals surface area (Å²) in [5, 5.41) is -0.767. The van der Waals surface area contributed by atoms with Crippen LogP contribution in [0, 0.1) is 0 Å². The van der Waals surface area contributed by atoms with E-state index in [1.165, 1.54) is 0 Å². The monoisotopic (exact) mass is 347 g/mol. The van der Waals surface area contributed by atoms with Crippen LogP contribution in [-0.2, 0) is 0 Å². The first-order valence-corrected chi connectivity index (χ1v) is 5.23. The highest BCUT2D eigenvalue weighted by molar-refractivity contribution is 9.11. The predicted molar refractivity (Wildman–Crippen MR) is 54.8 cm³/mol. The largest absolute Gasteiger partial charge is 0.280 e. The highest BCUT2D eigenvalue weighted by atomic mass is 79.9. The fourth-order valence-corrected chi connectivity index (χ4v) is 2.68. The van der Waals surface area contributed by atoms with Gasteiger partial charge in [0.2, 0.25) is 0 Å². The molecule has 0 N–H and O–H groups in total. The SMILES string of the molecule is O=C(Cl)c1c(Br)cc(C(F)F)nc1Br.